The molecule has 0 spiro atoms. The van der Waals surface area contributed by atoms with Crippen molar-refractivity contribution in [1.82, 2.24) is 5.32 Å². The van der Waals surface area contributed by atoms with Crippen LogP contribution in [0.25, 0.3) is 0 Å². The van der Waals surface area contributed by atoms with Crippen molar-refractivity contribution in [2.75, 3.05) is 13.2 Å². The first-order chi connectivity index (χ1) is 35.2. The molecule has 0 aromatic heterocycles. The number of amides is 1. The van der Waals surface area contributed by atoms with Crippen molar-refractivity contribution < 1.29 is 49.3 Å². The molecule has 0 saturated carbocycles. The maximum Gasteiger partial charge on any atom is 0.306 e. The number of aliphatic hydroxyl groups excluding tert-OH is 5. The van der Waals surface area contributed by atoms with E-state index in [0.29, 0.717) is 12.8 Å². The number of esters is 1. The van der Waals surface area contributed by atoms with E-state index in [9.17, 15) is 35.1 Å². The molecular weight excluding hydrogens is 907 g/mol. The van der Waals surface area contributed by atoms with Gasteiger partial charge in [-0.3, -0.25) is 9.59 Å². The van der Waals surface area contributed by atoms with E-state index in [4.69, 9.17) is 14.2 Å². The Kier molecular flexibility index (Phi) is 46.1. The Morgan fingerprint density at radius 1 is 0.556 bits per heavy atom. The number of carbonyl (C=O) groups excluding carboxylic acids is 2. The molecule has 1 aliphatic heterocycles. The van der Waals surface area contributed by atoms with Gasteiger partial charge in [0.05, 0.1) is 25.4 Å². The summed E-state index contributed by atoms with van der Waals surface area (Å²) in [5.74, 6) is -1.21. The van der Waals surface area contributed by atoms with Crippen LogP contribution in [0, 0.1) is 0 Å². The van der Waals surface area contributed by atoms with Gasteiger partial charge in [-0.05, 0) is 83.5 Å². The van der Waals surface area contributed by atoms with Gasteiger partial charge in [0, 0.05) is 6.42 Å². The monoisotopic (exact) mass is 1020 g/mol. The van der Waals surface area contributed by atoms with Crippen LogP contribution in [0.15, 0.2) is 60.8 Å². The Morgan fingerprint density at radius 3 is 1.51 bits per heavy atom. The van der Waals surface area contributed by atoms with Gasteiger partial charge in [-0.25, -0.2) is 0 Å². The highest BCUT2D eigenvalue weighted by molar-refractivity contribution is 5.80. The zero-order valence-corrected chi connectivity index (χ0v) is 46.0. The quantitative estimate of drug-likeness (QED) is 0.0195. The number of ether oxygens (including phenoxy) is 3. The lowest BCUT2D eigenvalue weighted by Crippen LogP contribution is -2.61. The van der Waals surface area contributed by atoms with Crippen LogP contribution in [0.4, 0.5) is 0 Å². The van der Waals surface area contributed by atoms with Crippen molar-refractivity contribution in [3.63, 3.8) is 0 Å². The van der Waals surface area contributed by atoms with E-state index in [1.807, 2.05) is 6.08 Å². The summed E-state index contributed by atoms with van der Waals surface area (Å²) in [4.78, 5) is 26.5. The summed E-state index contributed by atoms with van der Waals surface area (Å²) in [5.41, 5.74) is 0. The molecule has 1 rings (SSSR count). The van der Waals surface area contributed by atoms with Gasteiger partial charge in [-0.15, -0.1) is 0 Å². The second-order valence-electron chi connectivity index (χ2n) is 20.3. The molecule has 0 bridgehead atoms. The van der Waals surface area contributed by atoms with E-state index < -0.39 is 67.4 Å². The molecule has 8 unspecified atom stereocenters. The zero-order valence-electron chi connectivity index (χ0n) is 46.0. The van der Waals surface area contributed by atoms with E-state index in [1.54, 1.807) is 6.08 Å². The van der Waals surface area contributed by atoms with Gasteiger partial charge in [0.1, 0.15) is 24.4 Å². The topological polar surface area (TPSA) is 175 Å². The van der Waals surface area contributed by atoms with Crippen molar-refractivity contribution in [2.24, 2.45) is 0 Å². The molecule has 0 aliphatic carbocycles. The van der Waals surface area contributed by atoms with Crippen LogP contribution in [-0.2, 0) is 23.8 Å². The fraction of sp³-hybridized carbons (Fsp3) is 0.803. The average Bonchev–Trinajstić information content (AvgIpc) is 3.38. The minimum absolute atomic E-state index is 0.113. The van der Waals surface area contributed by atoms with E-state index in [2.05, 4.69) is 74.7 Å². The molecule has 0 aromatic carbocycles. The van der Waals surface area contributed by atoms with E-state index >= 15 is 0 Å². The van der Waals surface area contributed by atoms with Crippen molar-refractivity contribution in [3.05, 3.63) is 60.8 Å². The van der Waals surface area contributed by atoms with Crippen LogP contribution >= 0.6 is 0 Å². The number of hydrogen-bond donors (Lipinski definition) is 6. The van der Waals surface area contributed by atoms with Gasteiger partial charge < -0.3 is 45.1 Å². The lowest BCUT2D eigenvalue weighted by molar-refractivity contribution is -0.305. The number of carbonyl (C=O) groups is 2. The first-order valence-electron chi connectivity index (χ1n) is 29.6. The molecule has 1 fully saturated rings. The first-order valence-corrected chi connectivity index (χ1v) is 29.6. The number of rotatable bonds is 49. The van der Waals surface area contributed by atoms with Crippen molar-refractivity contribution in [1.29, 1.82) is 0 Å². The Morgan fingerprint density at radius 2 is 1.00 bits per heavy atom. The lowest BCUT2D eigenvalue weighted by Gasteiger charge is -2.41. The minimum atomic E-state index is -1.62. The fourth-order valence-electron chi connectivity index (χ4n) is 8.95. The third kappa shape index (κ3) is 37.1. The van der Waals surface area contributed by atoms with Crippen molar-refractivity contribution >= 4 is 11.9 Å². The maximum atomic E-state index is 13.4. The predicted molar refractivity (Wildman–Crippen MR) is 296 cm³/mol. The van der Waals surface area contributed by atoms with E-state index in [0.717, 1.165) is 96.3 Å². The van der Waals surface area contributed by atoms with Gasteiger partial charge in [0.25, 0.3) is 0 Å². The lowest BCUT2D eigenvalue weighted by atomic mass is 9.99. The summed E-state index contributed by atoms with van der Waals surface area (Å²) >= 11 is 0. The third-order valence-electron chi connectivity index (χ3n) is 13.7. The SMILES string of the molecule is CC/C=C/C/C=C/CCCCCCCCCC(=O)OC1C(OCC(NC(=O)C(O)CCCCCCCCCC/C=C\C/C=C\CCCCC)C(O)/C=C/CCCCCCCCCCC)OC(CO)C(O)C1O. The second kappa shape index (κ2) is 49.2. The summed E-state index contributed by atoms with van der Waals surface area (Å²) in [6.45, 7) is 5.64. The number of allylic oxidation sites excluding steroid dienone is 9. The fourth-order valence-corrected chi connectivity index (χ4v) is 8.95. The zero-order chi connectivity index (χ0) is 52.5. The molecule has 1 heterocycles. The van der Waals surface area contributed by atoms with Crippen LogP contribution in [0.1, 0.15) is 252 Å². The molecule has 0 aromatic rings. The predicted octanol–water partition coefficient (Wildman–Crippen LogP) is 13.4. The smallest absolute Gasteiger partial charge is 0.306 e. The number of aliphatic hydroxyl groups is 5. The molecule has 1 aliphatic rings. The van der Waals surface area contributed by atoms with Crippen LogP contribution in [0.5, 0.6) is 0 Å². The van der Waals surface area contributed by atoms with Crippen molar-refractivity contribution in [2.45, 2.75) is 301 Å². The average molecular weight is 1020 g/mol. The molecule has 11 nitrogen and oxygen atoms in total. The Labute approximate surface area is 439 Å². The maximum absolute atomic E-state index is 13.4. The Bertz CT molecular complexity index is 1400. The standard InChI is InChI=1S/C61H109NO10/c1-4-7-10-13-16-19-22-24-26-27-28-29-30-33-36-39-42-45-48-54(65)60(69)62-52(53(64)47-44-41-38-35-32-21-18-15-12-9-6-3)51-70-61-59(58(68)57(67)55(50-63)71-61)72-56(66)49-46-43-40-37-34-31-25-23-20-17-14-11-8-5-2/h8,11,16-17,19-20,24,26,44,47,52-55,57-59,61,63-65,67-68H,4-7,9-10,12-15,18,21-23,25,27-43,45-46,48-51H2,1-3H3,(H,62,69)/b11-8+,19-16-,20-17+,26-24-,47-44+. The molecule has 72 heavy (non-hydrogen) atoms. The number of unbranched alkanes of at least 4 members (excludes halogenated alkanes) is 27. The summed E-state index contributed by atoms with van der Waals surface area (Å²) in [6.07, 6.45) is 49.7. The molecule has 6 N–H and O–H groups in total. The second-order valence-corrected chi connectivity index (χ2v) is 20.3. The highest BCUT2D eigenvalue weighted by atomic mass is 16.7. The van der Waals surface area contributed by atoms with Gasteiger partial charge in [-0.2, -0.15) is 0 Å². The highest BCUT2D eigenvalue weighted by Crippen LogP contribution is 2.26. The first kappa shape index (κ1) is 67.4. The Hall–Kier alpha value is -2.64. The molecule has 8 atom stereocenters. The van der Waals surface area contributed by atoms with Gasteiger partial charge in [0.15, 0.2) is 12.4 Å². The van der Waals surface area contributed by atoms with Crippen LogP contribution < -0.4 is 5.32 Å². The molecule has 0 radical (unpaired) electrons. The van der Waals surface area contributed by atoms with Gasteiger partial charge >= 0.3 is 5.97 Å². The van der Waals surface area contributed by atoms with Crippen molar-refractivity contribution in [3.8, 4) is 0 Å². The largest absolute Gasteiger partial charge is 0.454 e. The molecule has 1 amide bonds. The van der Waals surface area contributed by atoms with Crippen LogP contribution in [0.2, 0.25) is 0 Å². The van der Waals surface area contributed by atoms with Gasteiger partial charge in [-0.1, -0.05) is 223 Å². The Balaban J connectivity index is 2.70. The van der Waals surface area contributed by atoms with E-state index in [1.165, 1.54) is 109 Å². The highest BCUT2D eigenvalue weighted by Gasteiger charge is 2.47. The van der Waals surface area contributed by atoms with Crippen LogP contribution in [0.3, 0.4) is 0 Å². The number of hydrogen-bond acceptors (Lipinski definition) is 10. The van der Waals surface area contributed by atoms with Gasteiger partial charge in [0.2, 0.25) is 5.91 Å². The van der Waals surface area contributed by atoms with E-state index in [-0.39, 0.29) is 19.4 Å². The summed E-state index contributed by atoms with van der Waals surface area (Å²) < 4.78 is 17.6. The number of nitrogens with one attached hydrogen (secondary N) is 1. The summed E-state index contributed by atoms with van der Waals surface area (Å²) in [5, 5.41) is 56.8. The molecular formula is C61H109NO10. The molecule has 418 valence electrons. The molecule has 11 heteroatoms. The summed E-state index contributed by atoms with van der Waals surface area (Å²) in [6, 6.07) is -1.03. The molecule has 1 saturated heterocycles. The minimum Gasteiger partial charge on any atom is -0.454 e. The normalized spacial score (nSPS) is 19.9. The summed E-state index contributed by atoms with van der Waals surface area (Å²) in [7, 11) is 0. The third-order valence-corrected chi connectivity index (χ3v) is 13.7. The van der Waals surface area contributed by atoms with Crippen LogP contribution in [-0.4, -0.2) is 99.6 Å².